The van der Waals surface area contributed by atoms with E-state index in [9.17, 15) is 5.11 Å². The fraction of sp³-hybridized carbons (Fsp3) is 0.500. The van der Waals surface area contributed by atoms with Crippen molar-refractivity contribution in [2.24, 2.45) is 0 Å². The van der Waals surface area contributed by atoms with Crippen LogP contribution in [0, 0.1) is 0 Å². The summed E-state index contributed by atoms with van der Waals surface area (Å²) in [5.41, 5.74) is 0.814. The normalized spacial score (nSPS) is 12.5. The van der Waals surface area contributed by atoms with E-state index in [-0.39, 0.29) is 0 Å². The van der Waals surface area contributed by atoms with Crippen molar-refractivity contribution in [2.45, 2.75) is 20.0 Å². The fourth-order valence-corrected chi connectivity index (χ4v) is 1.31. The zero-order valence-electron chi connectivity index (χ0n) is 9.27. The fourth-order valence-electron chi connectivity index (χ4n) is 1.31. The Balaban J connectivity index is 2.52. The molecule has 0 aliphatic rings. The molecule has 84 valence electrons. The van der Waals surface area contributed by atoms with Gasteiger partial charge in [-0.1, -0.05) is 18.2 Å². The monoisotopic (exact) mass is 210 g/mol. The predicted octanol–water partition coefficient (Wildman–Crippen LogP) is 2.16. The molecule has 0 spiro atoms. The number of rotatable bonds is 6. The van der Waals surface area contributed by atoms with Crippen molar-refractivity contribution < 1.29 is 14.6 Å². The lowest BCUT2D eigenvalue weighted by atomic mass is 10.1. The molecule has 0 saturated carbocycles. The Morgan fingerprint density at radius 1 is 1.27 bits per heavy atom. The topological polar surface area (TPSA) is 38.7 Å². The lowest BCUT2D eigenvalue weighted by Crippen LogP contribution is -2.08. The Bertz CT molecular complexity index is 284. The molecule has 0 radical (unpaired) electrons. The van der Waals surface area contributed by atoms with Crippen LogP contribution in [0.3, 0.4) is 0 Å². The van der Waals surface area contributed by atoms with Crippen molar-refractivity contribution in [1.82, 2.24) is 0 Å². The first-order chi connectivity index (χ1) is 7.25. The van der Waals surface area contributed by atoms with E-state index in [1.165, 1.54) is 0 Å². The SMILES string of the molecule is CCOCCOc1ccccc1[C@@H](C)O. The average molecular weight is 210 g/mol. The van der Waals surface area contributed by atoms with Gasteiger partial charge in [0, 0.05) is 12.2 Å². The molecule has 0 aromatic heterocycles. The molecule has 1 aromatic carbocycles. The number of para-hydroxylation sites is 1. The second kappa shape index (κ2) is 6.43. The third kappa shape index (κ3) is 3.90. The van der Waals surface area contributed by atoms with Gasteiger partial charge in [-0.15, -0.1) is 0 Å². The van der Waals surface area contributed by atoms with E-state index in [0.717, 1.165) is 11.3 Å². The van der Waals surface area contributed by atoms with Gasteiger partial charge in [-0.25, -0.2) is 0 Å². The molecule has 3 heteroatoms. The van der Waals surface area contributed by atoms with Crippen molar-refractivity contribution >= 4 is 0 Å². The minimum absolute atomic E-state index is 0.506. The molecule has 0 unspecified atom stereocenters. The summed E-state index contributed by atoms with van der Waals surface area (Å²) in [4.78, 5) is 0. The molecule has 0 aliphatic carbocycles. The molecule has 0 bridgehead atoms. The van der Waals surface area contributed by atoms with Crippen LogP contribution in [0.15, 0.2) is 24.3 Å². The highest BCUT2D eigenvalue weighted by Gasteiger charge is 2.07. The number of aliphatic hydroxyl groups is 1. The zero-order valence-corrected chi connectivity index (χ0v) is 9.27. The number of hydrogen-bond acceptors (Lipinski definition) is 3. The van der Waals surface area contributed by atoms with Crippen LogP contribution in [-0.4, -0.2) is 24.9 Å². The Morgan fingerprint density at radius 2 is 2.00 bits per heavy atom. The number of benzene rings is 1. The minimum atomic E-state index is -0.506. The van der Waals surface area contributed by atoms with Gasteiger partial charge in [-0.05, 0) is 19.9 Å². The van der Waals surface area contributed by atoms with Gasteiger partial charge in [0.1, 0.15) is 12.4 Å². The van der Waals surface area contributed by atoms with Gasteiger partial charge in [0.2, 0.25) is 0 Å². The van der Waals surface area contributed by atoms with Gasteiger partial charge < -0.3 is 14.6 Å². The van der Waals surface area contributed by atoms with Crippen molar-refractivity contribution in [3.8, 4) is 5.75 Å². The summed E-state index contributed by atoms with van der Waals surface area (Å²) in [7, 11) is 0. The van der Waals surface area contributed by atoms with Crippen molar-refractivity contribution in [1.29, 1.82) is 0 Å². The molecule has 15 heavy (non-hydrogen) atoms. The maximum absolute atomic E-state index is 9.50. The van der Waals surface area contributed by atoms with Crippen molar-refractivity contribution in [3.05, 3.63) is 29.8 Å². The van der Waals surface area contributed by atoms with Crippen LogP contribution in [0.25, 0.3) is 0 Å². The Morgan fingerprint density at radius 3 is 2.67 bits per heavy atom. The van der Waals surface area contributed by atoms with Crippen LogP contribution in [-0.2, 0) is 4.74 Å². The van der Waals surface area contributed by atoms with Crippen LogP contribution < -0.4 is 4.74 Å². The van der Waals surface area contributed by atoms with Crippen molar-refractivity contribution in [2.75, 3.05) is 19.8 Å². The first kappa shape index (κ1) is 12.0. The Hall–Kier alpha value is -1.06. The summed E-state index contributed by atoms with van der Waals surface area (Å²) in [6.07, 6.45) is -0.506. The van der Waals surface area contributed by atoms with Crippen LogP contribution in [0.1, 0.15) is 25.5 Å². The second-order valence-corrected chi connectivity index (χ2v) is 3.26. The van der Waals surface area contributed by atoms with E-state index in [4.69, 9.17) is 9.47 Å². The Kier molecular flexibility index (Phi) is 5.15. The molecule has 1 N–H and O–H groups in total. The third-order valence-corrected chi connectivity index (χ3v) is 2.06. The van der Waals surface area contributed by atoms with Gasteiger partial charge in [-0.2, -0.15) is 0 Å². The molecule has 1 rings (SSSR count). The smallest absolute Gasteiger partial charge is 0.125 e. The molecule has 0 aliphatic heterocycles. The standard InChI is InChI=1S/C12H18O3/c1-3-14-8-9-15-12-7-5-4-6-11(12)10(2)13/h4-7,10,13H,3,8-9H2,1-2H3/t10-/m1/s1. The molecule has 0 fully saturated rings. The van der Waals surface area contributed by atoms with Gasteiger partial charge >= 0.3 is 0 Å². The second-order valence-electron chi connectivity index (χ2n) is 3.26. The van der Waals surface area contributed by atoms with E-state index in [1.807, 2.05) is 31.2 Å². The highest BCUT2D eigenvalue weighted by molar-refractivity contribution is 5.34. The lowest BCUT2D eigenvalue weighted by molar-refractivity contribution is 0.108. The molecule has 1 atom stereocenters. The highest BCUT2D eigenvalue weighted by Crippen LogP contribution is 2.24. The first-order valence-corrected chi connectivity index (χ1v) is 5.23. The van der Waals surface area contributed by atoms with E-state index in [0.29, 0.717) is 19.8 Å². The Labute approximate surface area is 90.6 Å². The van der Waals surface area contributed by atoms with Crippen LogP contribution in [0.4, 0.5) is 0 Å². The largest absolute Gasteiger partial charge is 0.491 e. The van der Waals surface area contributed by atoms with Gasteiger partial charge in [0.25, 0.3) is 0 Å². The van der Waals surface area contributed by atoms with Crippen LogP contribution in [0.5, 0.6) is 5.75 Å². The molecule has 0 heterocycles. The number of ether oxygens (including phenoxy) is 2. The van der Waals surface area contributed by atoms with Crippen LogP contribution >= 0.6 is 0 Å². The van der Waals surface area contributed by atoms with E-state index in [2.05, 4.69) is 0 Å². The lowest BCUT2D eigenvalue weighted by Gasteiger charge is -2.12. The third-order valence-electron chi connectivity index (χ3n) is 2.06. The predicted molar refractivity (Wildman–Crippen MR) is 59.1 cm³/mol. The first-order valence-electron chi connectivity index (χ1n) is 5.23. The molecule has 0 amide bonds. The zero-order chi connectivity index (χ0) is 11.1. The summed E-state index contributed by atoms with van der Waals surface area (Å²) in [5, 5.41) is 9.50. The quantitative estimate of drug-likeness (QED) is 0.731. The highest BCUT2D eigenvalue weighted by atomic mass is 16.5. The summed E-state index contributed by atoms with van der Waals surface area (Å²) < 4.78 is 10.7. The van der Waals surface area contributed by atoms with E-state index < -0.39 is 6.10 Å². The number of aliphatic hydroxyl groups excluding tert-OH is 1. The minimum Gasteiger partial charge on any atom is -0.491 e. The van der Waals surface area contributed by atoms with E-state index >= 15 is 0 Å². The molecular formula is C12H18O3. The van der Waals surface area contributed by atoms with Gasteiger partial charge in [0.15, 0.2) is 0 Å². The molecule has 3 nitrogen and oxygen atoms in total. The average Bonchev–Trinajstić information content (AvgIpc) is 2.25. The molecule has 1 aromatic rings. The summed E-state index contributed by atoms with van der Waals surface area (Å²) in [6, 6.07) is 7.49. The summed E-state index contributed by atoms with van der Waals surface area (Å²) in [6.45, 7) is 5.46. The van der Waals surface area contributed by atoms with Gasteiger partial charge in [-0.3, -0.25) is 0 Å². The van der Waals surface area contributed by atoms with E-state index in [1.54, 1.807) is 6.92 Å². The van der Waals surface area contributed by atoms with Crippen molar-refractivity contribution in [3.63, 3.8) is 0 Å². The van der Waals surface area contributed by atoms with Gasteiger partial charge in [0.05, 0.1) is 12.7 Å². The molecular weight excluding hydrogens is 192 g/mol. The van der Waals surface area contributed by atoms with Crippen LogP contribution in [0.2, 0.25) is 0 Å². The molecule has 0 saturated heterocycles. The maximum Gasteiger partial charge on any atom is 0.125 e. The number of hydrogen-bond donors (Lipinski definition) is 1. The summed E-state index contributed by atoms with van der Waals surface area (Å²) >= 11 is 0. The maximum atomic E-state index is 9.50. The summed E-state index contributed by atoms with van der Waals surface area (Å²) in [5.74, 6) is 0.729.